The second kappa shape index (κ2) is 5.81. The Morgan fingerprint density at radius 3 is 2.55 bits per heavy atom. The summed E-state index contributed by atoms with van der Waals surface area (Å²) in [5.41, 5.74) is 0.295. The standard InChI is InChI=1S/C12H15F2N3O3/c1-7-9(5-4-6-10(7)17(19)20)16-11(18)15-8(2)12(3,13)14/h4-6,8H,1-3H3,(H2,15,16,18). The van der Waals surface area contributed by atoms with E-state index in [9.17, 15) is 23.7 Å². The SMILES string of the molecule is Cc1c(NC(=O)NC(C)C(C)(F)F)cccc1[N+](=O)[O-]. The molecule has 0 bridgehead atoms. The lowest BCUT2D eigenvalue weighted by atomic mass is 10.1. The minimum absolute atomic E-state index is 0.156. The van der Waals surface area contributed by atoms with E-state index in [1.165, 1.54) is 32.0 Å². The van der Waals surface area contributed by atoms with Crippen molar-refractivity contribution in [2.45, 2.75) is 32.7 Å². The van der Waals surface area contributed by atoms with Crippen LogP contribution in [0.2, 0.25) is 0 Å². The van der Waals surface area contributed by atoms with Gasteiger partial charge in [0, 0.05) is 13.0 Å². The van der Waals surface area contributed by atoms with Gasteiger partial charge in [0.15, 0.2) is 0 Å². The summed E-state index contributed by atoms with van der Waals surface area (Å²) in [5, 5.41) is 15.1. The third kappa shape index (κ3) is 3.87. The Morgan fingerprint density at radius 2 is 2.05 bits per heavy atom. The van der Waals surface area contributed by atoms with E-state index in [0.717, 1.165) is 0 Å². The van der Waals surface area contributed by atoms with Crippen LogP contribution in [0.5, 0.6) is 0 Å². The highest BCUT2D eigenvalue weighted by Crippen LogP contribution is 2.25. The zero-order chi connectivity index (χ0) is 15.5. The van der Waals surface area contributed by atoms with Gasteiger partial charge in [-0.25, -0.2) is 13.6 Å². The number of nitrogens with one attached hydrogen (secondary N) is 2. The fraction of sp³-hybridized carbons (Fsp3) is 0.417. The molecule has 0 aromatic heterocycles. The highest BCUT2D eigenvalue weighted by Gasteiger charge is 2.31. The number of hydrogen-bond acceptors (Lipinski definition) is 3. The summed E-state index contributed by atoms with van der Waals surface area (Å²) < 4.78 is 25.9. The highest BCUT2D eigenvalue weighted by atomic mass is 19.3. The summed E-state index contributed by atoms with van der Waals surface area (Å²) in [4.78, 5) is 21.7. The lowest BCUT2D eigenvalue weighted by molar-refractivity contribution is -0.385. The Kier molecular flexibility index (Phi) is 4.59. The van der Waals surface area contributed by atoms with Crippen molar-refractivity contribution in [3.63, 3.8) is 0 Å². The summed E-state index contributed by atoms with van der Waals surface area (Å²) in [5.74, 6) is -3.06. The summed E-state index contributed by atoms with van der Waals surface area (Å²) in [6, 6.07) is 1.94. The number of carbonyl (C=O) groups is 1. The Bertz CT molecular complexity index is 529. The number of hydrogen-bond donors (Lipinski definition) is 2. The molecule has 1 atom stereocenters. The van der Waals surface area contributed by atoms with Crippen LogP contribution >= 0.6 is 0 Å². The highest BCUT2D eigenvalue weighted by molar-refractivity contribution is 5.91. The number of rotatable bonds is 4. The fourth-order valence-corrected chi connectivity index (χ4v) is 1.44. The van der Waals surface area contributed by atoms with Crippen molar-refractivity contribution >= 4 is 17.4 Å². The van der Waals surface area contributed by atoms with Crippen LogP contribution in [0.1, 0.15) is 19.4 Å². The number of carbonyl (C=O) groups excluding carboxylic acids is 1. The largest absolute Gasteiger partial charge is 0.329 e. The van der Waals surface area contributed by atoms with Gasteiger partial charge in [-0.15, -0.1) is 0 Å². The molecule has 20 heavy (non-hydrogen) atoms. The molecule has 0 saturated heterocycles. The number of anilines is 1. The van der Waals surface area contributed by atoms with Crippen molar-refractivity contribution in [2.75, 3.05) is 5.32 Å². The van der Waals surface area contributed by atoms with Crippen LogP contribution < -0.4 is 10.6 Å². The lowest BCUT2D eigenvalue weighted by Gasteiger charge is -2.21. The van der Waals surface area contributed by atoms with E-state index < -0.39 is 22.9 Å². The molecule has 2 amide bonds. The van der Waals surface area contributed by atoms with Gasteiger partial charge in [0.1, 0.15) is 0 Å². The number of halogens is 2. The molecule has 0 spiro atoms. The molecular weight excluding hydrogens is 272 g/mol. The van der Waals surface area contributed by atoms with E-state index in [0.29, 0.717) is 6.92 Å². The van der Waals surface area contributed by atoms with Gasteiger partial charge in [0.25, 0.3) is 11.6 Å². The maximum Gasteiger partial charge on any atom is 0.319 e. The molecule has 1 unspecified atom stereocenters. The van der Waals surface area contributed by atoms with E-state index in [2.05, 4.69) is 10.6 Å². The van der Waals surface area contributed by atoms with Crippen molar-refractivity contribution < 1.29 is 18.5 Å². The molecule has 1 aromatic rings. The zero-order valence-electron chi connectivity index (χ0n) is 11.2. The first-order valence-corrected chi connectivity index (χ1v) is 5.82. The van der Waals surface area contributed by atoms with E-state index in [4.69, 9.17) is 0 Å². The van der Waals surface area contributed by atoms with Crippen LogP contribution in [0.15, 0.2) is 18.2 Å². The van der Waals surface area contributed by atoms with Gasteiger partial charge in [-0.1, -0.05) is 6.07 Å². The van der Waals surface area contributed by atoms with E-state index in [1.54, 1.807) is 0 Å². The van der Waals surface area contributed by atoms with E-state index in [-0.39, 0.29) is 16.9 Å². The Balaban J connectivity index is 2.82. The fourth-order valence-electron chi connectivity index (χ4n) is 1.44. The predicted molar refractivity (Wildman–Crippen MR) is 70.1 cm³/mol. The topological polar surface area (TPSA) is 84.3 Å². The minimum atomic E-state index is -3.06. The van der Waals surface area contributed by atoms with Crippen LogP contribution in [0.3, 0.4) is 0 Å². The van der Waals surface area contributed by atoms with Crippen molar-refractivity contribution in [2.24, 2.45) is 0 Å². The summed E-state index contributed by atoms with van der Waals surface area (Å²) >= 11 is 0. The maximum atomic E-state index is 12.9. The van der Waals surface area contributed by atoms with Gasteiger partial charge in [0.05, 0.1) is 22.2 Å². The number of nitrogens with zero attached hydrogens (tertiary/aromatic N) is 1. The van der Waals surface area contributed by atoms with Crippen LogP contribution in [0, 0.1) is 17.0 Å². The molecule has 0 aliphatic rings. The number of benzene rings is 1. The monoisotopic (exact) mass is 287 g/mol. The molecule has 0 fully saturated rings. The normalized spacial score (nSPS) is 12.7. The Morgan fingerprint density at radius 1 is 1.45 bits per heavy atom. The Hall–Kier alpha value is -2.25. The predicted octanol–water partition coefficient (Wildman–Crippen LogP) is 3.07. The van der Waals surface area contributed by atoms with Crippen LogP contribution in [0.25, 0.3) is 0 Å². The molecule has 0 radical (unpaired) electrons. The zero-order valence-corrected chi connectivity index (χ0v) is 11.2. The molecule has 110 valence electrons. The first-order chi connectivity index (χ1) is 9.12. The maximum absolute atomic E-state index is 12.9. The molecule has 0 heterocycles. The second-order valence-corrected chi connectivity index (χ2v) is 4.48. The third-order valence-corrected chi connectivity index (χ3v) is 2.86. The van der Waals surface area contributed by atoms with E-state index >= 15 is 0 Å². The third-order valence-electron chi connectivity index (χ3n) is 2.86. The van der Waals surface area contributed by atoms with Crippen molar-refractivity contribution in [3.05, 3.63) is 33.9 Å². The average molecular weight is 287 g/mol. The number of amides is 2. The first-order valence-electron chi connectivity index (χ1n) is 5.82. The number of alkyl halides is 2. The summed E-state index contributed by atoms with van der Waals surface area (Å²) in [7, 11) is 0. The molecule has 2 N–H and O–H groups in total. The molecule has 8 heteroatoms. The van der Waals surface area contributed by atoms with Crippen molar-refractivity contribution in [1.29, 1.82) is 0 Å². The minimum Gasteiger partial charge on any atom is -0.329 e. The van der Waals surface area contributed by atoms with Crippen LogP contribution in [0.4, 0.5) is 25.0 Å². The van der Waals surface area contributed by atoms with Gasteiger partial charge in [-0.2, -0.15) is 0 Å². The molecule has 0 aliphatic carbocycles. The van der Waals surface area contributed by atoms with Gasteiger partial charge in [-0.3, -0.25) is 10.1 Å². The molecule has 1 aromatic carbocycles. The second-order valence-electron chi connectivity index (χ2n) is 4.48. The van der Waals surface area contributed by atoms with E-state index in [1.807, 2.05) is 0 Å². The van der Waals surface area contributed by atoms with Crippen molar-refractivity contribution in [3.8, 4) is 0 Å². The van der Waals surface area contributed by atoms with Crippen LogP contribution in [-0.2, 0) is 0 Å². The van der Waals surface area contributed by atoms with Gasteiger partial charge in [-0.05, 0) is 19.9 Å². The quantitative estimate of drug-likeness (QED) is 0.659. The number of nitro benzene ring substituents is 1. The molecule has 0 aliphatic heterocycles. The molecular formula is C12H15F2N3O3. The smallest absolute Gasteiger partial charge is 0.319 e. The number of nitro groups is 1. The molecule has 0 saturated carbocycles. The van der Waals surface area contributed by atoms with Gasteiger partial charge < -0.3 is 10.6 Å². The van der Waals surface area contributed by atoms with Gasteiger partial charge in [0.2, 0.25) is 0 Å². The Labute approximate surface area is 114 Å². The summed E-state index contributed by atoms with van der Waals surface area (Å²) in [6.07, 6.45) is 0. The van der Waals surface area contributed by atoms with Gasteiger partial charge >= 0.3 is 6.03 Å². The molecule has 6 nitrogen and oxygen atoms in total. The molecule has 1 rings (SSSR count). The lowest BCUT2D eigenvalue weighted by Crippen LogP contribution is -2.45. The first kappa shape index (κ1) is 15.8. The van der Waals surface area contributed by atoms with Crippen molar-refractivity contribution in [1.82, 2.24) is 5.32 Å². The number of urea groups is 1. The average Bonchev–Trinajstić information content (AvgIpc) is 2.30. The summed E-state index contributed by atoms with van der Waals surface area (Å²) in [6.45, 7) is 3.32. The van der Waals surface area contributed by atoms with Crippen LogP contribution in [-0.4, -0.2) is 22.9 Å².